The smallest absolute Gasteiger partial charge is 0.164 e. The van der Waals surface area contributed by atoms with Gasteiger partial charge in [0.05, 0.1) is 22.1 Å². The summed E-state index contributed by atoms with van der Waals surface area (Å²) in [7, 11) is 0. The molecule has 12 rings (SSSR count). The Balaban J connectivity index is 1.03. The second-order valence-corrected chi connectivity index (χ2v) is 15.5. The van der Waals surface area contributed by atoms with E-state index in [0.29, 0.717) is 17.5 Å². The number of hydrogen-bond acceptors (Lipinski definition) is 4. The molecule has 8 aromatic carbocycles. The van der Waals surface area contributed by atoms with E-state index in [1.807, 2.05) is 18.2 Å². The van der Waals surface area contributed by atoms with Crippen LogP contribution in [0.2, 0.25) is 0 Å². The zero-order chi connectivity index (χ0) is 37.5. The van der Waals surface area contributed by atoms with E-state index in [1.54, 1.807) is 11.3 Å². The van der Waals surface area contributed by atoms with Crippen LogP contribution < -0.4 is 0 Å². The second-order valence-electron chi connectivity index (χ2n) is 14.4. The molecule has 0 bridgehead atoms. The minimum atomic E-state index is 0.637. The average molecular weight is 746 g/mol. The molecule has 6 heteroatoms. The first-order chi connectivity index (χ1) is 28.3. The zero-order valence-corrected chi connectivity index (χ0v) is 31.4. The van der Waals surface area contributed by atoms with Crippen LogP contribution in [0.15, 0.2) is 188 Å². The minimum absolute atomic E-state index is 0.637. The van der Waals surface area contributed by atoms with E-state index in [0.717, 1.165) is 39.1 Å². The molecule has 0 amide bonds. The van der Waals surface area contributed by atoms with Crippen molar-refractivity contribution in [2.45, 2.75) is 0 Å². The van der Waals surface area contributed by atoms with Gasteiger partial charge in [0, 0.05) is 69.8 Å². The Labute approximate surface area is 331 Å². The molecule has 4 heterocycles. The van der Waals surface area contributed by atoms with Gasteiger partial charge in [-0.15, -0.1) is 11.3 Å². The van der Waals surface area contributed by atoms with Crippen molar-refractivity contribution in [2.24, 2.45) is 0 Å². The summed E-state index contributed by atoms with van der Waals surface area (Å²) in [5.74, 6) is 1.94. The Morgan fingerprint density at radius 2 is 0.860 bits per heavy atom. The van der Waals surface area contributed by atoms with Crippen LogP contribution in [-0.2, 0) is 0 Å². The van der Waals surface area contributed by atoms with Crippen molar-refractivity contribution in [3.63, 3.8) is 0 Å². The number of nitrogens with zero attached hydrogens (tertiary/aromatic N) is 5. The van der Waals surface area contributed by atoms with Crippen LogP contribution in [0.1, 0.15) is 0 Å². The van der Waals surface area contributed by atoms with E-state index < -0.39 is 0 Å². The molecule has 5 nitrogen and oxygen atoms in total. The lowest BCUT2D eigenvalue weighted by Crippen LogP contribution is -2.00. The molecule has 0 radical (unpaired) electrons. The highest BCUT2D eigenvalue weighted by molar-refractivity contribution is 7.25. The first-order valence-electron chi connectivity index (χ1n) is 19.1. The molecule has 266 valence electrons. The summed E-state index contributed by atoms with van der Waals surface area (Å²) in [6, 6.07) is 66.7. The van der Waals surface area contributed by atoms with E-state index in [2.05, 4.69) is 179 Å². The number of rotatable bonds is 5. The predicted octanol–water partition coefficient (Wildman–Crippen LogP) is 13.4. The molecule has 0 spiro atoms. The Kier molecular flexibility index (Phi) is 7.03. The van der Waals surface area contributed by atoms with Crippen LogP contribution in [0.3, 0.4) is 0 Å². The molecule has 0 aliphatic rings. The Hall–Kier alpha value is -7.41. The maximum absolute atomic E-state index is 5.12. The number of aromatic nitrogens is 5. The van der Waals surface area contributed by atoms with E-state index in [4.69, 9.17) is 15.0 Å². The third kappa shape index (κ3) is 4.98. The molecular weight excluding hydrogens is 715 g/mol. The normalized spacial score (nSPS) is 11.9. The minimum Gasteiger partial charge on any atom is -0.309 e. The van der Waals surface area contributed by atoms with Gasteiger partial charge in [-0.2, -0.15) is 0 Å². The van der Waals surface area contributed by atoms with Crippen LogP contribution in [-0.4, -0.2) is 24.1 Å². The summed E-state index contributed by atoms with van der Waals surface area (Å²) in [6.07, 6.45) is 0. The topological polar surface area (TPSA) is 48.5 Å². The predicted molar refractivity (Wildman–Crippen MR) is 238 cm³/mol. The van der Waals surface area contributed by atoms with Crippen LogP contribution in [0.4, 0.5) is 0 Å². The van der Waals surface area contributed by atoms with E-state index >= 15 is 0 Å². The second kappa shape index (κ2) is 12.6. The van der Waals surface area contributed by atoms with Gasteiger partial charge in [0.1, 0.15) is 0 Å². The highest BCUT2D eigenvalue weighted by Gasteiger charge is 2.21. The van der Waals surface area contributed by atoms with Crippen molar-refractivity contribution in [3.05, 3.63) is 188 Å². The molecule has 0 atom stereocenters. The fourth-order valence-corrected chi connectivity index (χ4v) is 9.75. The number of benzene rings is 8. The fraction of sp³-hybridized carbons (Fsp3) is 0. The molecule has 0 saturated carbocycles. The van der Waals surface area contributed by atoms with Crippen molar-refractivity contribution >= 4 is 75.1 Å². The lowest BCUT2D eigenvalue weighted by molar-refractivity contribution is 1.07. The monoisotopic (exact) mass is 745 g/mol. The Morgan fingerprint density at radius 1 is 0.333 bits per heavy atom. The molecule has 0 N–H and O–H groups in total. The van der Waals surface area contributed by atoms with Crippen LogP contribution >= 0.6 is 11.3 Å². The maximum atomic E-state index is 5.12. The van der Waals surface area contributed by atoms with E-state index in [-0.39, 0.29) is 0 Å². The Morgan fingerprint density at radius 3 is 1.61 bits per heavy atom. The molecule has 0 saturated heterocycles. The van der Waals surface area contributed by atoms with E-state index in [1.165, 1.54) is 52.8 Å². The molecule has 57 heavy (non-hydrogen) atoms. The third-order valence-corrected chi connectivity index (χ3v) is 12.3. The number of para-hydroxylation sites is 3. The summed E-state index contributed by atoms with van der Waals surface area (Å²) in [4.78, 5) is 15.2. The van der Waals surface area contributed by atoms with Gasteiger partial charge in [0.25, 0.3) is 0 Å². The lowest BCUT2D eigenvalue weighted by atomic mass is 10.1. The van der Waals surface area contributed by atoms with Gasteiger partial charge in [-0.05, 0) is 66.7 Å². The molecule has 0 aliphatic heterocycles. The first-order valence-corrected chi connectivity index (χ1v) is 19.9. The van der Waals surface area contributed by atoms with Gasteiger partial charge in [-0.3, -0.25) is 0 Å². The molecule has 0 fully saturated rings. The van der Waals surface area contributed by atoms with Gasteiger partial charge >= 0.3 is 0 Å². The highest BCUT2D eigenvalue weighted by atomic mass is 32.1. The SMILES string of the molecule is c1ccc(-c2nc(-c3ccc(-n4c5ccccc5c5c4ccc4c6ccccc6n(-c6ccccc6)c45)cc3)nc(-c3ccc4c(c3)sc3ccccc34)n2)cc1. The molecule has 4 aromatic heterocycles. The largest absolute Gasteiger partial charge is 0.309 e. The van der Waals surface area contributed by atoms with Crippen LogP contribution in [0.5, 0.6) is 0 Å². The molecule has 12 aromatic rings. The average Bonchev–Trinajstić information content (AvgIpc) is 3.94. The van der Waals surface area contributed by atoms with Gasteiger partial charge in [0.2, 0.25) is 0 Å². The standard InChI is InChI=1S/C51H31N5S/c1-3-13-32(14-4-1)49-52-50(54-51(53-49)34-25-28-39-38-18-9-12-22-45(38)57-46(39)31-34)33-23-26-36(27-24-33)55-43-21-11-8-19-41(43)47-44(55)30-29-40-37-17-7-10-20-42(37)56(48(40)47)35-15-5-2-6-16-35/h1-31H. The van der Waals surface area contributed by atoms with Gasteiger partial charge in [0.15, 0.2) is 17.5 Å². The summed E-state index contributed by atoms with van der Waals surface area (Å²) in [5.41, 5.74) is 9.78. The van der Waals surface area contributed by atoms with Gasteiger partial charge in [-0.1, -0.05) is 121 Å². The summed E-state index contributed by atoms with van der Waals surface area (Å²) in [5, 5.41) is 7.46. The number of fused-ring (bicyclic) bond motifs is 10. The van der Waals surface area contributed by atoms with Crippen molar-refractivity contribution in [1.29, 1.82) is 0 Å². The van der Waals surface area contributed by atoms with Crippen molar-refractivity contribution in [3.8, 4) is 45.5 Å². The number of hydrogen-bond donors (Lipinski definition) is 0. The van der Waals surface area contributed by atoms with E-state index in [9.17, 15) is 0 Å². The van der Waals surface area contributed by atoms with Crippen LogP contribution in [0.25, 0.3) is 109 Å². The number of thiophene rings is 1. The summed E-state index contributed by atoms with van der Waals surface area (Å²) in [6.45, 7) is 0. The first kappa shape index (κ1) is 31.9. The summed E-state index contributed by atoms with van der Waals surface area (Å²) < 4.78 is 7.30. The Bertz CT molecular complexity index is 3510. The van der Waals surface area contributed by atoms with Gasteiger partial charge in [-0.25, -0.2) is 15.0 Å². The lowest BCUT2D eigenvalue weighted by Gasteiger charge is -2.11. The highest BCUT2D eigenvalue weighted by Crippen LogP contribution is 2.42. The third-order valence-electron chi connectivity index (χ3n) is 11.2. The molecular formula is C51H31N5S. The van der Waals surface area contributed by atoms with Crippen LogP contribution in [0, 0.1) is 0 Å². The fourth-order valence-electron chi connectivity index (χ4n) is 8.61. The quantitative estimate of drug-likeness (QED) is 0.176. The van der Waals surface area contributed by atoms with Crippen molar-refractivity contribution in [1.82, 2.24) is 24.1 Å². The van der Waals surface area contributed by atoms with Crippen molar-refractivity contribution in [2.75, 3.05) is 0 Å². The molecule has 0 unspecified atom stereocenters. The van der Waals surface area contributed by atoms with Gasteiger partial charge < -0.3 is 9.13 Å². The van der Waals surface area contributed by atoms with Crippen molar-refractivity contribution < 1.29 is 0 Å². The maximum Gasteiger partial charge on any atom is 0.164 e. The summed E-state index contributed by atoms with van der Waals surface area (Å²) >= 11 is 1.80. The zero-order valence-electron chi connectivity index (χ0n) is 30.5. The molecule has 0 aliphatic carbocycles.